The molecule has 0 saturated heterocycles. The zero-order valence-corrected chi connectivity index (χ0v) is 14.6. The molecule has 0 atom stereocenters. The Labute approximate surface area is 133 Å². The van der Waals surface area contributed by atoms with Gasteiger partial charge in [-0.1, -0.05) is 60.8 Å². The fraction of sp³-hybridized carbons (Fsp3) is 0.706. The molecule has 1 heterocycles. The van der Waals surface area contributed by atoms with Crippen LogP contribution in [0.1, 0.15) is 78.6 Å². The van der Waals surface area contributed by atoms with Crippen LogP contribution in [0.2, 0.25) is 0 Å². The maximum atomic E-state index is 12.3. The summed E-state index contributed by atoms with van der Waals surface area (Å²) in [6.45, 7) is 11.9. The van der Waals surface area contributed by atoms with Crippen LogP contribution < -0.4 is 5.32 Å². The van der Waals surface area contributed by atoms with Gasteiger partial charge in [-0.15, -0.1) is 0 Å². The van der Waals surface area contributed by atoms with E-state index in [1.54, 1.807) is 0 Å². The molecule has 1 rings (SSSR count). The summed E-state index contributed by atoms with van der Waals surface area (Å²) in [5, 5.41) is 19.2. The first kappa shape index (κ1) is 18.2. The maximum absolute atomic E-state index is 12.3. The minimum atomic E-state index is -0.520. The van der Waals surface area contributed by atoms with Crippen LogP contribution in [0.4, 0.5) is 5.69 Å². The minimum absolute atomic E-state index is 0.115. The lowest BCUT2D eigenvalue weighted by molar-refractivity contribution is -0.123. The van der Waals surface area contributed by atoms with Gasteiger partial charge in [0.05, 0.1) is 5.69 Å². The number of carbonyl (C=O) groups excluding carboxylic acids is 1. The number of anilines is 1. The number of aromatic amines is 1. The topological polar surface area (TPSA) is 81.6 Å². The summed E-state index contributed by atoms with van der Waals surface area (Å²) >= 11 is 0. The van der Waals surface area contributed by atoms with Gasteiger partial charge in [0.1, 0.15) is 11.8 Å². The molecule has 0 aliphatic heterocycles. The van der Waals surface area contributed by atoms with Gasteiger partial charge in [0.15, 0.2) is 5.69 Å². The Kier molecular flexibility index (Phi) is 5.76. The van der Waals surface area contributed by atoms with Crippen molar-refractivity contribution in [2.45, 2.75) is 72.6 Å². The van der Waals surface area contributed by atoms with Gasteiger partial charge < -0.3 is 5.32 Å². The number of hydrogen-bond acceptors (Lipinski definition) is 3. The lowest BCUT2D eigenvalue weighted by atomic mass is 9.82. The molecule has 0 unspecified atom stereocenters. The number of hydrogen-bond donors (Lipinski definition) is 2. The van der Waals surface area contributed by atoms with Gasteiger partial charge in [0, 0.05) is 10.8 Å². The van der Waals surface area contributed by atoms with Gasteiger partial charge in [-0.2, -0.15) is 10.4 Å². The summed E-state index contributed by atoms with van der Waals surface area (Å²) in [5.41, 5.74) is 0.920. The summed E-state index contributed by atoms with van der Waals surface area (Å²) in [6.07, 6.45) is 4.42. The molecule has 0 bridgehead atoms. The van der Waals surface area contributed by atoms with E-state index in [9.17, 15) is 10.1 Å². The number of nitrogens with one attached hydrogen (secondary N) is 2. The van der Waals surface area contributed by atoms with E-state index >= 15 is 0 Å². The predicted octanol–water partition coefficient (Wildman–Crippen LogP) is 4.12. The minimum Gasteiger partial charge on any atom is -0.322 e. The normalized spacial score (nSPS) is 12.0. The molecule has 5 heteroatoms. The highest BCUT2D eigenvalue weighted by Crippen LogP contribution is 2.35. The summed E-state index contributed by atoms with van der Waals surface area (Å²) in [4.78, 5) is 12.3. The second-order valence-electron chi connectivity index (χ2n) is 7.48. The highest BCUT2D eigenvalue weighted by Gasteiger charge is 2.31. The molecule has 1 aromatic heterocycles. The SMILES string of the molecule is CCCCCC(C)(C)c1[nH]nc(C#N)c1NC(=O)C(C)(C)C. The summed E-state index contributed by atoms with van der Waals surface area (Å²) < 4.78 is 0. The third kappa shape index (κ3) is 4.33. The van der Waals surface area contributed by atoms with E-state index in [0.29, 0.717) is 5.69 Å². The molecule has 122 valence electrons. The van der Waals surface area contributed by atoms with E-state index in [1.807, 2.05) is 20.8 Å². The van der Waals surface area contributed by atoms with E-state index in [1.165, 1.54) is 6.42 Å². The molecule has 0 aliphatic carbocycles. The lowest BCUT2D eigenvalue weighted by Crippen LogP contribution is -2.29. The van der Waals surface area contributed by atoms with Crippen LogP contribution in [0.3, 0.4) is 0 Å². The van der Waals surface area contributed by atoms with E-state index < -0.39 is 5.41 Å². The molecule has 1 aromatic rings. The first-order valence-corrected chi connectivity index (χ1v) is 7.94. The first-order chi connectivity index (χ1) is 10.1. The molecule has 0 radical (unpaired) electrons. The van der Waals surface area contributed by atoms with Crippen molar-refractivity contribution < 1.29 is 4.79 Å². The molecular weight excluding hydrogens is 276 g/mol. The van der Waals surface area contributed by atoms with E-state index in [-0.39, 0.29) is 17.0 Å². The number of aromatic nitrogens is 2. The van der Waals surface area contributed by atoms with Crippen molar-refractivity contribution in [2.75, 3.05) is 5.32 Å². The molecule has 22 heavy (non-hydrogen) atoms. The molecule has 0 spiro atoms. The van der Waals surface area contributed by atoms with Crippen molar-refractivity contribution in [1.29, 1.82) is 5.26 Å². The Hall–Kier alpha value is -1.83. The van der Waals surface area contributed by atoms with E-state index in [4.69, 9.17) is 0 Å². The van der Waals surface area contributed by atoms with Crippen LogP contribution in [0.15, 0.2) is 0 Å². The van der Waals surface area contributed by atoms with Gasteiger partial charge in [0.25, 0.3) is 0 Å². The van der Waals surface area contributed by atoms with Gasteiger partial charge in [0.2, 0.25) is 5.91 Å². The van der Waals surface area contributed by atoms with E-state index in [0.717, 1.165) is 25.0 Å². The summed E-state index contributed by atoms with van der Waals surface area (Å²) in [5.74, 6) is -0.115. The first-order valence-electron chi connectivity index (χ1n) is 7.94. The van der Waals surface area contributed by atoms with Crippen molar-refractivity contribution in [3.05, 3.63) is 11.4 Å². The number of nitrogens with zero attached hydrogens (tertiary/aromatic N) is 2. The number of rotatable bonds is 6. The Morgan fingerprint density at radius 1 is 1.27 bits per heavy atom. The Morgan fingerprint density at radius 3 is 2.41 bits per heavy atom. The molecule has 0 fully saturated rings. The van der Waals surface area contributed by atoms with Crippen LogP contribution in [0.25, 0.3) is 0 Å². The third-order valence-corrected chi connectivity index (χ3v) is 3.87. The van der Waals surface area contributed by atoms with Crippen LogP contribution in [0.5, 0.6) is 0 Å². The molecule has 0 saturated carbocycles. The second-order valence-corrected chi connectivity index (χ2v) is 7.48. The Balaban J connectivity index is 3.09. The van der Waals surface area contributed by atoms with E-state index in [2.05, 4.69) is 42.4 Å². The highest BCUT2D eigenvalue weighted by molar-refractivity contribution is 5.96. The largest absolute Gasteiger partial charge is 0.322 e. The predicted molar refractivity (Wildman–Crippen MR) is 88.6 cm³/mol. The number of H-pyrrole nitrogens is 1. The third-order valence-electron chi connectivity index (χ3n) is 3.87. The zero-order valence-electron chi connectivity index (χ0n) is 14.6. The van der Waals surface area contributed by atoms with Crippen LogP contribution in [-0.4, -0.2) is 16.1 Å². The molecule has 1 amide bonds. The number of nitriles is 1. The van der Waals surface area contributed by atoms with Crippen molar-refractivity contribution in [2.24, 2.45) is 5.41 Å². The molecule has 5 nitrogen and oxygen atoms in total. The zero-order chi connectivity index (χ0) is 17.0. The van der Waals surface area contributed by atoms with Crippen LogP contribution >= 0.6 is 0 Å². The second kappa shape index (κ2) is 6.95. The lowest BCUT2D eigenvalue weighted by Gasteiger charge is -2.26. The number of unbranched alkanes of at least 4 members (excludes halogenated alkanes) is 2. The van der Waals surface area contributed by atoms with Gasteiger partial charge in [-0.3, -0.25) is 9.89 Å². The number of amides is 1. The quantitative estimate of drug-likeness (QED) is 0.775. The average Bonchev–Trinajstić information content (AvgIpc) is 2.81. The smallest absolute Gasteiger partial charge is 0.229 e. The molecule has 0 aromatic carbocycles. The van der Waals surface area contributed by atoms with Gasteiger partial charge in [-0.25, -0.2) is 0 Å². The standard InChI is InChI=1S/C17H28N4O/c1-7-8-9-10-17(5,6)14-13(12(11-18)20-21-14)19-15(22)16(2,3)4/h7-10H2,1-6H3,(H,19,22)(H,20,21). The van der Waals surface area contributed by atoms with Gasteiger partial charge >= 0.3 is 0 Å². The van der Waals surface area contributed by atoms with Crippen molar-refractivity contribution in [3.8, 4) is 6.07 Å². The maximum Gasteiger partial charge on any atom is 0.229 e. The fourth-order valence-corrected chi connectivity index (χ4v) is 2.28. The summed E-state index contributed by atoms with van der Waals surface area (Å²) in [6, 6.07) is 2.06. The molecule has 2 N–H and O–H groups in total. The van der Waals surface area contributed by atoms with Crippen LogP contribution in [-0.2, 0) is 10.2 Å². The van der Waals surface area contributed by atoms with Crippen molar-refractivity contribution >= 4 is 11.6 Å². The fourth-order valence-electron chi connectivity index (χ4n) is 2.28. The molecular formula is C17H28N4O. The number of carbonyl (C=O) groups is 1. The highest BCUT2D eigenvalue weighted by atomic mass is 16.2. The Bertz CT molecular complexity index is 558. The average molecular weight is 304 g/mol. The van der Waals surface area contributed by atoms with Crippen molar-refractivity contribution in [1.82, 2.24) is 10.2 Å². The van der Waals surface area contributed by atoms with Crippen molar-refractivity contribution in [3.63, 3.8) is 0 Å². The monoisotopic (exact) mass is 304 g/mol. The molecule has 0 aliphatic rings. The summed E-state index contributed by atoms with van der Waals surface area (Å²) in [7, 11) is 0. The van der Waals surface area contributed by atoms with Crippen LogP contribution in [0, 0.1) is 16.7 Å². The van der Waals surface area contributed by atoms with Gasteiger partial charge in [-0.05, 0) is 6.42 Å². The Morgan fingerprint density at radius 2 is 1.91 bits per heavy atom.